The van der Waals surface area contributed by atoms with Gasteiger partial charge in [0.2, 0.25) is 5.91 Å². The van der Waals surface area contributed by atoms with Crippen molar-refractivity contribution in [1.29, 1.82) is 0 Å². The van der Waals surface area contributed by atoms with Crippen molar-refractivity contribution >= 4 is 11.9 Å². The predicted molar refractivity (Wildman–Crippen MR) is 67.1 cm³/mol. The van der Waals surface area contributed by atoms with Crippen LogP contribution >= 0.6 is 0 Å². The number of aryl methyl sites for hydroxylation is 1. The third kappa shape index (κ3) is 3.27. The lowest BCUT2D eigenvalue weighted by atomic mass is 9.95. The molecule has 2 atom stereocenters. The maximum Gasteiger partial charge on any atom is 0.307 e. The van der Waals surface area contributed by atoms with E-state index in [1.165, 1.54) is 0 Å². The van der Waals surface area contributed by atoms with Gasteiger partial charge in [-0.3, -0.25) is 19.6 Å². The molecular weight excluding hydrogens is 246 g/mol. The Morgan fingerprint density at radius 3 is 2.68 bits per heavy atom. The standard InChI is InChI=1S/C13H17N3O3/c1-8-5-15-9(6-14-8)7-16-12(17)10-3-2-4-11(10)13(18)19/h5-6,10-11H,2-4,7H2,1H3,(H,16,17)(H,18,19)/t10-,11+/m1/s1. The molecule has 1 heterocycles. The Kier molecular flexibility index (Phi) is 4.09. The van der Waals surface area contributed by atoms with Crippen molar-refractivity contribution in [2.24, 2.45) is 11.8 Å². The number of aliphatic carboxylic acids is 1. The Balaban J connectivity index is 1.90. The SMILES string of the molecule is Cc1cnc(CNC(=O)[C@@H]2CCC[C@@H]2C(=O)O)cn1. The molecule has 1 aliphatic carbocycles. The van der Waals surface area contributed by atoms with Gasteiger partial charge in [0, 0.05) is 6.20 Å². The summed E-state index contributed by atoms with van der Waals surface area (Å²) in [6.07, 6.45) is 5.26. The van der Waals surface area contributed by atoms with Crippen LogP contribution in [0.15, 0.2) is 12.4 Å². The van der Waals surface area contributed by atoms with Crippen LogP contribution < -0.4 is 5.32 Å². The highest BCUT2D eigenvalue weighted by molar-refractivity contribution is 5.85. The van der Waals surface area contributed by atoms with Crippen LogP contribution in [0.5, 0.6) is 0 Å². The minimum Gasteiger partial charge on any atom is -0.481 e. The first kappa shape index (κ1) is 13.5. The van der Waals surface area contributed by atoms with E-state index in [-0.39, 0.29) is 12.5 Å². The van der Waals surface area contributed by atoms with E-state index in [0.717, 1.165) is 12.1 Å². The number of carbonyl (C=O) groups is 2. The van der Waals surface area contributed by atoms with Gasteiger partial charge in [-0.15, -0.1) is 0 Å². The zero-order chi connectivity index (χ0) is 13.8. The summed E-state index contributed by atoms with van der Waals surface area (Å²) in [4.78, 5) is 31.2. The first-order valence-electron chi connectivity index (χ1n) is 6.36. The van der Waals surface area contributed by atoms with E-state index in [0.29, 0.717) is 18.5 Å². The number of rotatable bonds is 4. The molecule has 1 aromatic rings. The van der Waals surface area contributed by atoms with Crippen LogP contribution in [0.3, 0.4) is 0 Å². The summed E-state index contributed by atoms with van der Waals surface area (Å²) in [5.74, 6) is -2.06. The van der Waals surface area contributed by atoms with Crippen molar-refractivity contribution in [1.82, 2.24) is 15.3 Å². The fourth-order valence-corrected chi connectivity index (χ4v) is 2.39. The summed E-state index contributed by atoms with van der Waals surface area (Å²) >= 11 is 0. The van der Waals surface area contributed by atoms with Gasteiger partial charge in [-0.1, -0.05) is 6.42 Å². The Labute approximate surface area is 111 Å². The molecule has 0 bridgehead atoms. The van der Waals surface area contributed by atoms with Crippen LogP contribution in [-0.2, 0) is 16.1 Å². The first-order valence-corrected chi connectivity index (χ1v) is 6.36. The number of aromatic nitrogens is 2. The summed E-state index contributed by atoms with van der Waals surface area (Å²) in [5, 5.41) is 11.8. The molecule has 102 valence electrons. The maximum absolute atomic E-state index is 12.0. The van der Waals surface area contributed by atoms with Gasteiger partial charge in [-0.05, 0) is 19.8 Å². The fourth-order valence-electron chi connectivity index (χ4n) is 2.39. The van der Waals surface area contributed by atoms with Gasteiger partial charge in [0.05, 0.1) is 36.0 Å². The van der Waals surface area contributed by atoms with E-state index in [4.69, 9.17) is 5.11 Å². The topological polar surface area (TPSA) is 92.2 Å². The monoisotopic (exact) mass is 263 g/mol. The molecule has 6 nitrogen and oxygen atoms in total. The third-order valence-electron chi connectivity index (χ3n) is 3.45. The molecule has 0 aromatic carbocycles. The number of amides is 1. The van der Waals surface area contributed by atoms with Gasteiger partial charge in [0.15, 0.2) is 0 Å². The van der Waals surface area contributed by atoms with Crippen LogP contribution in [0.1, 0.15) is 30.7 Å². The minimum atomic E-state index is -0.882. The van der Waals surface area contributed by atoms with Crippen molar-refractivity contribution in [3.63, 3.8) is 0 Å². The van der Waals surface area contributed by atoms with Gasteiger partial charge >= 0.3 is 5.97 Å². The molecule has 2 rings (SSSR count). The van der Waals surface area contributed by atoms with E-state index in [1.807, 2.05) is 6.92 Å². The lowest BCUT2D eigenvalue weighted by molar-refractivity contribution is -0.146. The van der Waals surface area contributed by atoms with Crippen molar-refractivity contribution in [3.05, 3.63) is 23.8 Å². The molecular formula is C13H17N3O3. The van der Waals surface area contributed by atoms with Gasteiger partial charge in [0.25, 0.3) is 0 Å². The second-order valence-corrected chi connectivity index (χ2v) is 4.85. The highest BCUT2D eigenvalue weighted by atomic mass is 16.4. The summed E-state index contributed by atoms with van der Waals surface area (Å²) in [7, 11) is 0. The van der Waals surface area contributed by atoms with Crippen LogP contribution in [0, 0.1) is 18.8 Å². The number of nitrogens with zero attached hydrogens (tertiary/aromatic N) is 2. The van der Waals surface area contributed by atoms with E-state index in [9.17, 15) is 9.59 Å². The lowest BCUT2D eigenvalue weighted by Crippen LogP contribution is -2.35. The summed E-state index contributed by atoms with van der Waals surface area (Å²) in [6.45, 7) is 2.13. The Hall–Kier alpha value is -1.98. The average molecular weight is 263 g/mol. The predicted octanol–water partition coefficient (Wildman–Crippen LogP) is 0.902. The molecule has 2 N–H and O–H groups in total. The van der Waals surface area contributed by atoms with E-state index in [2.05, 4.69) is 15.3 Å². The highest BCUT2D eigenvalue weighted by Crippen LogP contribution is 2.32. The van der Waals surface area contributed by atoms with Crippen molar-refractivity contribution < 1.29 is 14.7 Å². The smallest absolute Gasteiger partial charge is 0.307 e. The third-order valence-corrected chi connectivity index (χ3v) is 3.45. The van der Waals surface area contributed by atoms with Crippen molar-refractivity contribution in [2.75, 3.05) is 0 Å². The second kappa shape index (κ2) is 5.77. The lowest BCUT2D eigenvalue weighted by Gasteiger charge is -2.15. The number of nitrogens with one attached hydrogen (secondary N) is 1. The first-order chi connectivity index (χ1) is 9.08. The van der Waals surface area contributed by atoms with E-state index < -0.39 is 17.8 Å². The van der Waals surface area contributed by atoms with Crippen molar-refractivity contribution in [2.45, 2.75) is 32.7 Å². The molecule has 0 radical (unpaired) electrons. The molecule has 1 amide bonds. The molecule has 0 spiro atoms. The normalized spacial score (nSPS) is 22.2. The summed E-state index contributed by atoms with van der Waals surface area (Å²) < 4.78 is 0. The zero-order valence-electron chi connectivity index (χ0n) is 10.8. The summed E-state index contributed by atoms with van der Waals surface area (Å²) in [5.41, 5.74) is 1.49. The number of carboxylic acid groups (broad SMARTS) is 1. The van der Waals surface area contributed by atoms with Crippen LogP contribution in [0.25, 0.3) is 0 Å². The van der Waals surface area contributed by atoms with E-state index in [1.54, 1.807) is 12.4 Å². The van der Waals surface area contributed by atoms with Crippen molar-refractivity contribution in [3.8, 4) is 0 Å². The van der Waals surface area contributed by atoms with Gasteiger partial charge in [-0.2, -0.15) is 0 Å². The zero-order valence-corrected chi connectivity index (χ0v) is 10.8. The minimum absolute atomic E-state index is 0.202. The Morgan fingerprint density at radius 1 is 1.32 bits per heavy atom. The van der Waals surface area contributed by atoms with E-state index >= 15 is 0 Å². The van der Waals surface area contributed by atoms with Crippen LogP contribution in [-0.4, -0.2) is 27.0 Å². The molecule has 0 saturated heterocycles. The van der Waals surface area contributed by atoms with Crippen LogP contribution in [0.2, 0.25) is 0 Å². The van der Waals surface area contributed by atoms with Gasteiger partial charge in [-0.25, -0.2) is 0 Å². The maximum atomic E-state index is 12.0. The molecule has 1 saturated carbocycles. The largest absolute Gasteiger partial charge is 0.481 e. The molecule has 1 fully saturated rings. The average Bonchev–Trinajstić information content (AvgIpc) is 2.87. The second-order valence-electron chi connectivity index (χ2n) is 4.85. The number of carbonyl (C=O) groups excluding carboxylic acids is 1. The quantitative estimate of drug-likeness (QED) is 0.842. The van der Waals surface area contributed by atoms with Gasteiger partial charge in [0.1, 0.15) is 0 Å². The molecule has 1 aliphatic rings. The Morgan fingerprint density at radius 2 is 2.05 bits per heavy atom. The number of hydrogen-bond acceptors (Lipinski definition) is 4. The van der Waals surface area contributed by atoms with Gasteiger partial charge < -0.3 is 10.4 Å². The van der Waals surface area contributed by atoms with Crippen LogP contribution in [0.4, 0.5) is 0 Å². The number of carboxylic acids is 1. The summed E-state index contributed by atoms with van der Waals surface area (Å²) in [6, 6.07) is 0. The molecule has 1 aromatic heterocycles. The highest BCUT2D eigenvalue weighted by Gasteiger charge is 2.37. The molecule has 0 unspecified atom stereocenters. The number of hydrogen-bond donors (Lipinski definition) is 2. The molecule has 6 heteroatoms. The molecule has 0 aliphatic heterocycles. The molecule has 19 heavy (non-hydrogen) atoms. The Bertz CT molecular complexity index is 473. The fraction of sp³-hybridized carbons (Fsp3) is 0.538.